The van der Waals surface area contributed by atoms with E-state index >= 15 is 0 Å². The number of hydrogen-bond donors (Lipinski definition) is 1. The molecule has 2 aromatic carbocycles. The number of aryl methyl sites for hydroxylation is 2. The Labute approximate surface area is 149 Å². The number of aromatic nitrogens is 3. The molecule has 1 heterocycles. The fourth-order valence-electron chi connectivity index (χ4n) is 2.40. The first kappa shape index (κ1) is 17.0. The molecule has 0 unspecified atom stereocenters. The van der Waals surface area contributed by atoms with E-state index < -0.39 is 0 Å². The van der Waals surface area contributed by atoms with Gasteiger partial charge in [0.1, 0.15) is 18.2 Å². The lowest BCUT2D eigenvalue weighted by Crippen LogP contribution is -2.06. The van der Waals surface area contributed by atoms with Crippen LogP contribution in [0.4, 0.5) is 4.39 Å². The number of benzene rings is 2. The highest BCUT2D eigenvalue weighted by Crippen LogP contribution is 2.23. The molecule has 3 aromatic rings. The van der Waals surface area contributed by atoms with Crippen LogP contribution in [0.15, 0.2) is 47.6 Å². The number of para-hydroxylation sites is 1. The number of halogens is 1. The van der Waals surface area contributed by atoms with Crippen molar-refractivity contribution in [2.45, 2.75) is 20.5 Å². The van der Waals surface area contributed by atoms with Crippen LogP contribution in [-0.2, 0) is 6.61 Å². The maximum atomic E-state index is 13.7. The Morgan fingerprint density at radius 1 is 1.20 bits per heavy atom. The predicted octanol–water partition coefficient (Wildman–Crippen LogP) is 4.16. The molecule has 0 saturated carbocycles. The average Bonchev–Trinajstić information content (AvgIpc) is 2.94. The first-order valence-electron chi connectivity index (χ1n) is 7.70. The Kier molecular flexibility index (Phi) is 5.04. The number of rotatable bonds is 5. The summed E-state index contributed by atoms with van der Waals surface area (Å²) in [6.45, 7) is 4.15. The smallest absolute Gasteiger partial charge is 0.216 e. The van der Waals surface area contributed by atoms with Crippen LogP contribution in [0.2, 0.25) is 0 Å². The second kappa shape index (κ2) is 7.40. The summed E-state index contributed by atoms with van der Waals surface area (Å²) in [4.78, 5) is 0. The third-order valence-electron chi connectivity index (χ3n) is 3.69. The minimum absolute atomic E-state index is 0.188. The van der Waals surface area contributed by atoms with Gasteiger partial charge in [0, 0.05) is 5.56 Å². The molecule has 3 rings (SSSR count). The van der Waals surface area contributed by atoms with Crippen LogP contribution < -0.4 is 4.74 Å². The molecule has 7 heteroatoms. The van der Waals surface area contributed by atoms with Gasteiger partial charge in [-0.25, -0.2) is 9.49 Å². The zero-order valence-corrected chi connectivity index (χ0v) is 14.7. The zero-order chi connectivity index (χ0) is 17.8. The minimum Gasteiger partial charge on any atom is -0.485 e. The van der Waals surface area contributed by atoms with E-state index in [4.69, 9.17) is 17.0 Å². The van der Waals surface area contributed by atoms with Gasteiger partial charge >= 0.3 is 0 Å². The molecule has 0 amide bonds. The summed E-state index contributed by atoms with van der Waals surface area (Å²) in [5, 5.41) is 11.0. The van der Waals surface area contributed by atoms with Crippen molar-refractivity contribution in [3.63, 3.8) is 0 Å². The highest BCUT2D eigenvalue weighted by Gasteiger charge is 2.09. The molecule has 0 fully saturated rings. The molecule has 1 aromatic heterocycles. The molecule has 128 valence electrons. The number of nitrogens with zero attached hydrogens (tertiary/aromatic N) is 3. The normalized spacial score (nSPS) is 11.2. The van der Waals surface area contributed by atoms with E-state index in [2.05, 4.69) is 15.3 Å². The third kappa shape index (κ3) is 3.83. The summed E-state index contributed by atoms with van der Waals surface area (Å²) in [5.74, 6) is 0.955. The minimum atomic E-state index is -0.352. The summed E-state index contributed by atoms with van der Waals surface area (Å²) in [5.41, 5.74) is 2.44. The van der Waals surface area contributed by atoms with Crippen molar-refractivity contribution in [3.05, 3.63) is 75.6 Å². The Bertz CT molecular complexity index is 957. The van der Waals surface area contributed by atoms with Gasteiger partial charge in [-0.05, 0) is 43.3 Å². The monoisotopic (exact) mass is 356 g/mol. The Hall–Kier alpha value is -2.80. The van der Waals surface area contributed by atoms with E-state index in [1.165, 1.54) is 17.0 Å². The molecular formula is C18H17FN4OS. The maximum absolute atomic E-state index is 13.7. The standard InChI is InChI=1S/C18H17FN4OS/c1-12-6-5-7-13(2)17(12)24-11-16-21-22-18(25)23(16)20-10-14-8-3-4-9-15(14)19/h3-10H,11H2,1-2H3,(H,22,25)/b20-10-. The van der Waals surface area contributed by atoms with Crippen LogP contribution in [0.1, 0.15) is 22.5 Å². The number of H-pyrrole nitrogens is 1. The topological polar surface area (TPSA) is 55.2 Å². The van der Waals surface area contributed by atoms with Crippen molar-refractivity contribution in [1.29, 1.82) is 0 Å². The van der Waals surface area contributed by atoms with Crippen molar-refractivity contribution < 1.29 is 9.13 Å². The second-order valence-electron chi connectivity index (χ2n) is 5.53. The van der Waals surface area contributed by atoms with E-state index in [0.717, 1.165) is 16.9 Å². The van der Waals surface area contributed by atoms with Crippen LogP contribution in [0.3, 0.4) is 0 Å². The largest absolute Gasteiger partial charge is 0.485 e. The predicted molar refractivity (Wildman–Crippen MR) is 97.1 cm³/mol. The molecule has 0 atom stereocenters. The number of hydrogen-bond acceptors (Lipinski definition) is 4. The molecule has 1 N–H and O–H groups in total. The molecule has 0 aliphatic carbocycles. The fraction of sp³-hybridized carbons (Fsp3) is 0.167. The van der Waals surface area contributed by atoms with Gasteiger partial charge in [-0.3, -0.25) is 0 Å². The van der Waals surface area contributed by atoms with Crippen LogP contribution >= 0.6 is 12.2 Å². The third-order valence-corrected chi connectivity index (χ3v) is 3.95. The highest BCUT2D eigenvalue weighted by molar-refractivity contribution is 7.71. The van der Waals surface area contributed by atoms with Crippen LogP contribution in [-0.4, -0.2) is 21.1 Å². The van der Waals surface area contributed by atoms with Crippen molar-refractivity contribution >= 4 is 18.4 Å². The van der Waals surface area contributed by atoms with E-state index in [1.54, 1.807) is 18.2 Å². The molecule has 0 bridgehead atoms. The van der Waals surface area contributed by atoms with E-state index in [-0.39, 0.29) is 12.4 Å². The first-order valence-corrected chi connectivity index (χ1v) is 8.11. The molecule has 0 radical (unpaired) electrons. The Morgan fingerprint density at radius 2 is 1.92 bits per heavy atom. The van der Waals surface area contributed by atoms with Crippen molar-refractivity contribution in [2.75, 3.05) is 0 Å². The molecule has 0 saturated heterocycles. The lowest BCUT2D eigenvalue weighted by molar-refractivity contribution is 0.287. The van der Waals surface area contributed by atoms with Crippen molar-refractivity contribution in [2.24, 2.45) is 5.10 Å². The van der Waals surface area contributed by atoms with Gasteiger partial charge in [0.2, 0.25) is 4.77 Å². The van der Waals surface area contributed by atoms with Gasteiger partial charge in [0.15, 0.2) is 5.82 Å². The van der Waals surface area contributed by atoms with Crippen molar-refractivity contribution in [3.8, 4) is 5.75 Å². The molecule has 0 aliphatic heterocycles. The molecule has 5 nitrogen and oxygen atoms in total. The van der Waals surface area contributed by atoms with Gasteiger partial charge in [0.05, 0.1) is 6.21 Å². The van der Waals surface area contributed by atoms with Crippen molar-refractivity contribution in [1.82, 2.24) is 14.9 Å². The zero-order valence-electron chi connectivity index (χ0n) is 13.9. The maximum Gasteiger partial charge on any atom is 0.216 e. The quantitative estimate of drug-likeness (QED) is 0.552. The van der Waals surface area contributed by atoms with Crippen LogP contribution in [0.25, 0.3) is 0 Å². The average molecular weight is 356 g/mol. The second-order valence-corrected chi connectivity index (χ2v) is 5.92. The number of aromatic amines is 1. The number of ether oxygens (including phenoxy) is 1. The molecule has 0 aliphatic rings. The summed E-state index contributed by atoms with van der Waals surface area (Å²) >= 11 is 5.19. The molecular weight excluding hydrogens is 339 g/mol. The van der Waals surface area contributed by atoms with E-state index in [9.17, 15) is 4.39 Å². The summed E-state index contributed by atoms with van der Waals surface area (Å²) in [6, 6.07) is 12.3. The van der Waals surface area contributed by atoms with Gasteiger partial charge in [-0.1, -0.05) is 36.4 Å². The molecule has 0 spiro atoms. The Morgan fingerprint density at radius 3 is 2.64 bits per heavy atom. The Balaban J connectivity index is 1.83. The fourth-order valence-corrected chi connectivity index (χ4v) is 2.60. The summed E-state index contributed by atoms with van der Waals surface area (Å²) in [6.07, 6.45) is 1.41. The van der Waals surface area contributed by atoms with Gasteiger partial charge in [-0.15, -0.1) is 0 Å². The summed E-state index contributed by atoms with van der Waals surface area (Å²) < 4.78 is 21.3. The lowest BCUT2D eigenvalue weighted by Gasteiger charge is -2.11. The lowest BCUT2D eigenvalue weighted by atomic mass is 10.1. The van der Waals surface area contributed by atoms with Crippen LogP contribution in [0.5, 0.6) is 5.75 Å². The van der Waals surface area contributed by atoms with Crippen LogP contribution in [0, 0.1) is 24.4 Å². The van der Waals surface area contributed by atoms with E-state index in [1.807, 2.05) is 32.0 Å². The first-order chi connectivity index (χ1) is 12.1. The SMILES string of the molecule is Cc1cccc(C)c1OCc1n[nH]c(=S)n1/N=C\c1ccccc1F. The highest BCUT2D eigenvalue weighted by atomic mass is 32.1. The van der Waals surface area contributed by atoms with E-state index in [0.29, 0.717) is 16.2 Å². The van der Waals surface area contributed by atoms with Gasteiger partial charge < -0.3 is 4.74 Å². The summed E-state index contributed by atoms with van der Waals surface area (Å²) in [7, 11) is 0. The molecule has 25 heavy (non-hydrogen) atoms. The number of nitrogens with one attached hydrogen (secondary N) is 1. The van der Waals surface area contributed by atoms with Gasteiger partial charge in [-0.2, -0.15) is 14.9 Å². The van der Waals surface area contributed by atoms with Gasteiger partial charge in [0.25, 0.3) is 0 Å².